The van der Waals surface area contributed by atoms with Crippen LogP contribution in [0.1, 0.15) is 12.0 Å². The summed E-state index contributed by atoms with van der Waals surface area (Å²) in [5.74, 6) is 1.73. The van der Waals surface area contributed by atoms with Crippen molar-refractivity contribution in [1.29, 1.82) is 0 Å². The summed E-state index contributed by atoms with van der Waals surface area (Å²) < 4.78 is 11.3. The van der Waals surface area contributed by atoms with Crippen LogP contribution in [0, 0.1) is 0 Å². The van der Waals surface area contributed by atoms with Crippen molar-refractivity contribution in [3.05, 3.63) is 23.8 Å². The van der Waals surface area contributed by atoms with Crippen molar-refractivity contribution in [2.75, 3.05) is 32.8 Å². The Labute approximate surface area is 107 Å². The molecule has 0 amide bonds. The summed E-state index contributed by atoms with van der Waals surface area (Å²) in [6.45, 7) is 2.42. The van der Waals surface area contributed by atoms with Gasteiger partial charge in [-0.2, -0.15) is 0 Å². The second kappa shape index (κ2) is 6.12. The van der Waals surface area contributed by atoms with E-state index >= 15 is 0 Å². The van der Waals surface area contributed by atoms with E-state index in [1.807, 2.05) is 13.1 Å². The van der Waals surface area contributed by atoms with Crippen LogP contribution in [0.15, 0.2) is 18.2 Å². The Hall–Kier alpha value is -0.930. The molecule has 0 aromatic heterocycles. The number of fused-ring (bicyclic) bond motifs is 1. The van der Waals surface area contributed by atoms with E-state index in [-0.39, 0.29) is 0 Å². The van der Waals surface area contributed by atoms with E-state index in [0.29, 0.717) is 6.00 Å². The van der Waals surface area contributed by atoms with Crippen molar-refractivity contribution in [1.82, 2.24) is 4.90 Å². The first-order valence-corrected chi connectivity index (χ1v) is 6.46. The Morgan fingerprint density at radius 3 is 2.76 bits per heavy atom. The van der Waals surface area contributed by atoms with Gasteiger partial charge in [0.15, 0.2) is 11.5 Å². The van der Waals surface area contributed by atoms with Gasteiger partial charge in [-0.1, -0.05) is 6.07 Å². The Kier molecular flexibility index (Phi) is 4.51. The molecule has 1 aromatic rings. The molecule has 1 heterocycles. The van der Waals surface area contributed by atoms with Crippen LogP contribution < -0.4 is 9.47 Å². The standard InChI is InChI=1S/C13H18ClNO2/c1-15(10-14)6-5-11-3-4-12-13(9-11)17-8-2-7-16-12/h3-4,9H,2,5-8,10H2,1H3. The molecule has 3 nitrogen and oxygen atoms in total. The molecule has 0 saturated heterocycles. The lowest BCUT2D eigenvalue weighted by Crippen LogP contribution is -2.19. The molecule has 0 bridgehead atoms. The predicted molar refractivity (Wildman–Crippen MR) is 69.1 cm³/mol. The predicted octanol–water partition coefficient (Wildman–Crippen LogP) is 2.52. The minimum atomic E-state index is 0.560. The molecule has 1 aromatic carbocycles. The van der Waals surface area contributed by atoms with Gasteiger partial charge in [0.1, 0.15) is 0 Å². The topological polar surface area (TPSA) is 21.7 Å². The van der Waals surface area contributed by atoms with Crippen molar-refractivity contribution in [2.24, 2.45) is 0 Å². The van der Waals surface area contributed by atoms with Gasteiger partial charge >= 0.3 is 0 Å². The molecule has 1 aliphatic rings. The Morgan fingerprint density at radius 2 is 2.00 bits per heavy atom. The zero-order chi connectivity index (χ0) is 12.1. The minimum absolute atomic E-state index is 0.560. The van der Waals surface area contributed by atoms with E-state index in [0.717, 1.165) is 44.1 Å². The van der Waals surface area contributed by atoms with Crippen molar-refractivity contribution in [3.8, 4) is 11.5 Å². The number of rotatable bonds is 4. The summed E-state index contributed by atoms with van der Waals surface area (Å²) in [4.78, 5) is 2.07. The lowest BCUT2D eigenvalue weighted by molar-refractivity contribution is 0.297. The van der Waals surface area contributed by atoms with Crippen LogP contribution in [0.4, 0.5) is 0 Å². The highest BCUT2D eigenvalue weighted by molar-refractivity contribution is 6.17. The molecule has 0 unspecified atom stereocenters. The zero-order valence-electron chi connectivity index (χ0n) is 10.1. The summed E-state index contributed by atoms with van der Waals surface area (Å²) in [7, 11) is 2.01. The molecule has 1 aliphatic heterocycles. The molecule has 0 radical (unpaired) electrons. The number of alkyl halides is 1. The molecule has 0 atom stereocenters. The van der Waals surface area contributed by atoms with E-state index in [1.165, 1.54) is 5.56 Å². The van der Waals surface area contributed by atoms with Gasteiger partial charge in [-0.15, -0.1) is 11.6 Å². The third kappa shape index (κ3) is 3.51. The minimum Gasteiger partial charge on any atom is -0.490 e. The van der Waals surface area contributed by atoms with Gasteiger partial charge in [-0.3, -0.25) is 4.90 Å². The van der Waals surface area contributed by atoms with Crippen molar-refractivity contribution >= 4 is 11.6 Å². The maximum atomic E-state index is 5.74. The Morgan fingerprint density at radius 1 is 1.24 bits per heavy atom. The summed E-state index contributed by atoms with van der Waals surface area (Å²) in [5, 5.41) is 0. The number of halogens is 1. The maximum absolute atomic E-state index is 5.74. The Bertz CT molecular complexity index is 370. The van der Waals surface area contributed by atoms with Gasteiger partial charge in [0.25, 0.3) is 0 Å². The van der Waals surface area contributed by atoms with E-state index in [1.54, 1.807) is 0 Å². The van der Waals surface area contributed by atoms with E-state index in [9.17, 15) is 0 Å². The molecule has 0 aliphatic carbocycles. The fraction of sp³-hybridized carbons (Fsp3) is 0.538. The second-order valence-corrected chi connectivity index (χ2v) is 4.52. The average Bonchev–Trinajstić information content (AvgIpc) is 2.60. The first-order valence-electron chi connectivity index (χ1n) is 5.92. The number of benzene rings is 1. The Balaban J connectivity index is 2.02. The van der Waals surface area contributed by atoms with Gasteiger partial charge in [0.05, 0.1) is 19.2 Å². The van der Waals surface area contributed by atoms with Crippen LogP contribution in [0.2, 0.25) is 0 Å². The summed E-state index contributed by atoms with van der Waals surface area (Å²) in [5.41, 5.74) is 1.26. The van der Waals surface area contributed by atoms with Gasteiger partial charge < -0.3 is 9.47 Å². The molecular formula is C13H18ClNO2. The SMILES string of the molecule is CN(CCl)CCc1ccc2c(c1)OCCCO2. The first-order chi connectivity index (χ1) is 8.29. The summed E-state index contributed by atoms with van der Waals surface area (Å²) in [6, 6.07) is 6.72. The first kappa shape index (κ1) is 12.5. The van der Waals surface area contributed by atoms with Gasteiger partial charge in [0, 0.05) is 13.0 Å². The van der Waals surface area contributed by atoms with Crippen LogP contribution in [0.25, 0.3) is 0 Å². The zero-order valence-corrected chi connectivity index (χ0v) is 10.9. The van der Waals surface area contributed by atoms with E-state index in [4.69, 9.17) is 21.1 Å². The third-order valence-electron chi connectivity index (χ3n) is 2.80. The van der Waals surface area contributed by atoms with Gasteiger partial charge in [-0.25, -0.2) is 0 Å². The second-order valence-electron chi connectivity index (χ2n) is 4.28. The number of hydrogen-bond donors (Lipinski definition) is 0. The van der Waals surface area contributed by atoms with Crippen LogP contribution in [-0.2, 0) is 6.42 Å². The number of ether oxygens (including phenoxy) is 2. The molecular weight excluding hydrogens is 238 g/mol. The summed E-state index contributed by atoms with van der Waals surface area (Å²) >= 11 is 5.74. The average molecular weight is 256 g/mol. The van der Waals surface area contributed by atoms with Crippen molar-refractivity contribution in [2.45, 2.75) is 12.8 Å². The van der Waals surface area contributed by atoms with Crippen molar-refractivity contribution < 1.29 is 9.47 Å². The monoisotopic (exact) mass is 255 g/mol. The molecule has 0 spiro atoms. The smallest absolute Gasteiger partial charge is 0.161 e. The fourth-order valence-corrected chi connectivity index (χ4v) is 1.86. The van der Waals surface area contributed by atoms with E-state index in [2.05, 4.69) is 17.0 Å². The number of nitrogens with zero attached hydrogens (tertiary/aromatic N) is 1. The molecule has 2 rings (SSSR count). The molecule has 94 valence electrons. The lowest BCUT2D eigenvalue weighted by Gasteiger charge is -2.13. The van der Waals surface area contributed by atoms with Crippen LogP contribution >= 0.6 is 11.6 Å². The highest BCUT2D eigenvalue weighted by Gasteiger charge is 2.10. The lowest BCUT2D eigenvalue weighted by atomic mass is 10.1. The highest BCUT2D eigenvalue weighted by atomic mass is 35.5. The summed E-state index contributed by atoms with van der Waals surface area (Å²) in [6.07, 6.45) is 1.92. The fourth-order valence-electron chi connectivity index (χ4n) is 1.74. The van der Waals surface area contributed by atoms with Crippen LogP contribution in [-0.4, -0.2) is 37.7 Å². The van der Waals surface area contributed by atoms with E-state index < -0.39 is 0 Å². The normalized spacial score (nSPS) is 14.8. The third-order valence-corrected chi connectivity index (χ3v) is 3.21. The molecule has 0 fully saturated rings. The number of hydrogen-bond acceptors (Lipinski definition) is 3. The molecule has 4 heteroatoms. The van der Waals surface area contributed by atoms with Crippen LogP contribution in [0.3, 0.4) is 0 Å². The maximum Gasteiger partial charge on any atom is 0.161 e. The van der Waals surface area contributed by atoms with Crippen LogP contribution in [0.5, 0.6) is 11.5 Å². The number of likely N-dealkylation sites (N-methyl/N-ethyl adjacent to an activating group) is 1. The molecule has 0 saturated carbocycles. The van der Waals surface area contributed by atoms with Crippen molar-refractivity contribution in [3.63, 3.8) is 0 Å². The van der Waals surface area contributed by atoms with Gasteiger partial charge in [-0.05, 0) is 31.2 Å². The van der Waals surface area contributed by atoms with Gasteiger partial charge in [0.2, 0.25) is 0 Å². The molecule has 0 N–H and O–H groups in total. The molecule has 17 heavy (non-hydrogen) atoms. The largest absolute Gasteiger partial charge is 0.490 e. The highest BCUT2D eigenvalue weighted by Crippen LogP contribution is 2.30. The quantitative estimate of drug-likeness (QED) is 0.610.